The fraction of sp³-hybridized carbons (Fsp3) is 0.722. The fourth-order valence-electron chi connectivity index (χ4n) is 7.72. The van der Waals surface area contributed by atoms with Gasteiger partial charge in [-0.3, -0.25) is 9.59 Å². The van der Waals surface area contributed by atoms with E-state index in [4.69, 9.17) is 39.7 Å². The van der Waals surface area contributed by atoms with Crippen molar-refractivity contribution in [3.8, 4) is 11.5 Å². The normalized spacial score (nSPS) is 26.2. The third kappa shape index (κ3) is 8.07. The molecule has 0 spiro atoms. The molecule has 5 atom stereocenters. The van der Waals surface area contributed by atoms with Gasteiger partial charge in [-0.2, -0.15) is 0 Å². The molecule has 2 aliphatic heterocycles. The number of aryl methyl sites for hydroxylation is 1. The molecule has 0 unspecified atom stereocenters. The number of hydrogen-bond acceptors (Lipinski definition) is 11. The van der Waals surface area contributed by atoms with Crippen molar-refractivity contribution in [3.63, 3.8) is 0 Å². The third-order valence-electron chi connectivity index (χ3n) is 10.6. The smallest absolute Gasteiger partial charge is 0.486 e. The average Bonchev–Trinajstić information content (AvgIpc) is 3.30. The van der Waals surface area contributed by atoms with Gasteiger partial charge in [-0.05, 0) is 109 Å². The molecule has 276 valence electrons. The van der Waals surface area contributed by atoms with Crippen molar-refractivity contribution in [2.75, 3.05) is 13.1 Å². The summed E-state index contributed by atoms with van der Waals surface area (Å²) in [5.74, 6) is -0.450. The van der Waals surface area contributed by atoms with Crippen LogP contribution in [0.25, 0.3) is 0 Å². The second-order valence-corrected chi connectivity index (χ2v) is 17.0. The van der Waals surface area contributed by atoms with Crippen LogP contribution in [0, 0.1) is 17.3 Å². The molecule has 50 heavy (non-hydrogen) atoms. The number of rotatable bonds is 11. The summed E-state index contributed by atoms with van der Waals surface area (Å²) in [6.07, 6.45) is 1.71. The van der Waals surface area contributed by atoms with Crippen LogP contribution in [0.5, 0.6) is 11.5 Å². The van der Waals surface area contributed by atoms with Gasteiger partial charge in [-0.15, -0.1) is 0 Å². The molecule has 13 nitrogen and oxygen atoms in total. The Morgan fingerprint density at radius 3 is 2.28 bits per heavy atom. The summed E-state index contributed by atoms with van der Waals surface area (Å²) in [5.41, 5.74) is 9.49. The van der Waals surface area contributed by atoms with Gasteiger partial charge in [0.1, 0.15) is 28.6 Å². The van der Waals surface area contributed by atoms with E-state index in [0.717, 1.165) is 12.8 Å². The van der Waals surface area contributed by atoms with Crippen LogP contribution in [-0.4, -0.2) is 84.1 Å². The minimum absolute atomic E-state index is 0.0173. The van der Waals surface area contributed by atoms with Gasteiger partial charge in [0.25, 0.3) is 0 Å². The summed E-state index contributed by atoms with van der Waals surface area (Å²) in [5, 5.41) is 0. The van der Waals surface area contributed by atoms with Crippen molar-refractivity contribution in [2.45, 2.75) is 136 Å². The first kappa shape index (κ1) is 37.9. The summed E-state index contributed by atoms with van der Waals surface area (Å²) in [6, 6.07) is 2.50. The SMILES string of the molecule is CC(C)(C)OC(=O)Oc1c(CCB2O[C@@H]3C[C@@H]4C[C@@H](C4(C)C)[C@]3(C)O2)ccc(OC2CN(C(=O)CC[C@@H](N)C(N)=O)C2)c1C(=O)OC(C)(C)C. The van der Waals surface area contributed by atoms with E-state index in [1.54, 1.807) is 58.6 Å². The number of likely N-dealkylation sites (tertiary alicyclic amines) is 1. The Bertz CT molecular complexity index is 1500. The Labute approximate surface area is 295 Å². The van der Waals surface area contributed by atoms with Crippen molar-refractivity contribution in [3.05, 3.63) is 23.3 Å². The highest BCUT2D eigenvalue weighted by molar-refractivity contribution is 6.45. The minimum atomic E-state index is -0.982. The molecule has 5 aliphatic rings. The first-order valence-electron chi connectivity index (χ1n) is 17.7. The van der Waals surface area contributed by atoms with Crippen LogP contribution in [-0.2, 0) is 34.8 Å². The number of carbonyl (C=O) groups excluding carboxylic acids is 4. The Kier molecular flexibility index (Phi) is 10.3. The first-order chi connectivity index (χ1) is 23.1. The summed E-state index contributed by atoms with van der Waals surface area (Å²) >= 11 is 0. The zero-order chi connectivity index (χ0) is 37.0. The van der Waals surface area contributed by atoms with Gasteiger partial charge in [0.2, 0.25) is 11.8 Å². The van der Waals surface area contributed by atoms with E-state index in [2.05, 4.69) is 20.8 Å². The van der Waals surface area contributed by atoms with Crippen molar-refractivity contribution in [2.24, 2.45) is 28.7 Å². The number of hydrogen-bond donors (Lipinski definition) is 2. The minimum Gasteiger partial charge on any atom is -0.486 e. The average molecular weight is 700 g/mol. The van der Waals surface area contributed by atoms with Gasteiger partial charge >= 0.3 is 19.2 Å². The molecule has 1 aromatic carbocycles. The predicted octanol–water partition coefficient (Wildman–Crippen LogP) is 4.41. The van der Waals surface area contributed by atoms with Crippen LogP contribution >= 0.6 is 0 Å². The van der Waals surface area contributed by atoms with Crippen LogP contribution in [0.3, 0.4) is 0 Å². The Hall–Kier alpha value is -3.36. The number of benzene rings is 1. The lowest BCUT2D eigenvalue weighted by Gasteiger charge is -2.64. The Morgan fingerprint density at radius 2 is 1.68 bits per heavy atom. The molecule has 3 aliphatic carbocycles. The number of carbonyl (C=O) groups is 4. The van der Waals surface area contributed by atoms with Gasteiger partial charge in [0.15, 0.2) is 5.75 Å². The van der Waals surface area contributed by atoms with Crippen molar-refractivity contribution in [1.82, 2.24) is 4.90 Å². The van der Waals surface area contributed by atoms with Gasteiger partial charge in [-0.1, -0.05) is 19.9 Å². The molecule has 5 fully saturated rings. The highest BCUT2D eigenvalue weighted by atomic mass is 16.7. The molecule has 2 heterocycles. The molecule has 6 rings (SSSR count). The zero-order valence-corrected chi connectivity index (χ0v) is 31.0. The Balaban J connectivity index is 1.37. The molecule has 2 amide bonds. The van der Waals surface area contributed by atoms with E-state index < -0.39 is 48.5 Å². The lowest BCUT2D eigenvalue weighted by molar-refractivity contribution is -0.199. The molecule has 4 N–H and O–H groups in total. The number of ether oxygens (including phenoxy) is 4. The largest absolute Gasteiger partial charge is 0.514 e. The van der Waals surface area contributed by atoms with E-state index in [9.17, 15) is 19.2 Å². The summed E-state index contributed by atoms with van der Waals surface area (Å²) < 4.78 is 36.4. The second kappa shape index (κ2) is 13.6. The van der Waals surface area contributed by atoms with Crippen molar-refractivity contribution in [1.29, 1.82) is 0 Å². The lowest BCUT2D eigenvalue weighted by atomic mass is 9.43. The van der Waals surface area contributed by atoms with E-state index in [1.807, 2.05) is 0 Å². The van der Waals surface area contributed by atoms with Crippen molar-refractivity contribution < 1.29 is 47.4 Å². The highest BCUT2D eigenvalue weighted by Crippen LogP contribution is 2.65. The number of esters is 1. The van der Waals surface area contributed by atoms with Crippen LogP contribution in [0.2, 0.25) is 6.32 Å². The molecule has 3 saturated carbocycles. The summed E-state index contributed by atoms with van der Waals surface area (Å²) in [4.78, 5) is 52.5. The molecule has 14 heteroatoms. The maximum absolute atomic E-state index is 13.9. The molecule has 2 bridgehead atoms. The van der Waals surface area contributed by atoms with Crippen LogP contribution in [0.1, 0.15) is 104 Å². The molecule has 0 radical (unpaired) electrons. The zero-order valence-electron chi connectivity index (χ0n) is 31.0. The van der Waals surface area contributed by atoms with E-state index in [0.29, 0.717) is 30.1 Å². The van der Waals surface area contributed by atoms with Gasteiger partial charge in [0.05, 0.1) is 30.8 Å². The van der Waals surface area contributed by atoms with E-state index >= 15 is 0 Å². The van der Waals surface area contributed by atoms with Crippen LogP contribution < -0.4 is 20.9 Å². The molecule has 0 aromatic heterocycles. The molecule has 2 saturated heterocycles. The van der Waals surface area contributed by atoms with Gasteiger partial charge < -0.3 is 44.6 Å². The monoisotopic (exact) mass is 699 g/mol. The topological polar surface area (TPSA) is 179 Å². The fourth-order valence-corrected chi connectivity index (χ4v) is 7.72. The maximum atomic E-state index is 13.9. The second-order valence-electron chi connectivity index (χ2n) is 17.0. The quantitative estimate of drug-likeness (QED) is 0.190. The number of nitrogens with two attached hydrogens (primary N) is 2. The van der Waals surface area contributed by atoms with Crippen molar-refractivity contribution >= 4 is 31.1 Å². The molecule has 1 aromatic rings. The van der Waals surface area contributed by atoms with Crippen LogP contribution in [0.15, 0.2) is 12.1 Å². The highest BCUT2D eigenvalue weighted by Gasteiger charge is 2.67. The Morgan fingerprint density at radius 1 is 1.02 bits per heavy atom. The number of nitrogens with zero attached hydrogens (tertiary/aromatic N) is 1. The van der Waals surface area contributed by atoms with Gasteiger partial charge in [0, 0.05) is 6.42 Å². The predicted molar refractivity (Wildman–Crippen MR) is 184 cm³/mol. The number of amides is 2. The van der Waals surface area contributed by atoms with E-state index in [-0.39, 0.29) is 66.0 Å². The lowest BCUT2D eigenvalue weighted by Crippen LogP contribution is -2.65. The summed E-state index contributed by atoms with van der Waals surface area (Å²) in [7, 11) is -0.466. The van der Waals surface area contributed by atoms with E-state index in [1.165, 1.54) is 0 Å². The van der Waals surface area contributed by atoms with Gasteiger partial charge in [-0.25, -0.2) is 9.59 Å². The third-order valence-corrected chi connectivity index (χ3v) is 10.6. The maximum Gasteiger partial charge on any atom is 0.514 e. The molecular formula is C36H54BN3O10. The molecular weight excluding hydrogens is 645 g/mol. The standard InChI is InChI=1S/C36H54BN3O10/c1-33(2,3)47-31(43)28-24(45-22-18-40(19-22)27(41)13-11-23(38)30(39)42)12-10-20(29(28)46-32(44)48-34(4,5)6)14-15-37-49-26-17-21-16-25(35(21,7)8)36(26,9)50-37/h10,12,21-23,25-26H,11,13-19,38H2,1-9H3,(H2,39,42)/t21-,23+,25-,26+,36-/m0/s1. The number of primary amides is 1. The summed E-state index contributed by atoms with van der Waals surface area (Å²) in [6.45, 7) is 17.7. The van der Waals surface area contributed by atoms with Crippen LogP contribution in [0.4, 0.5) is 4.79 Å². The first-order valence-corrected chi connectivity index (χ1v) is 17.7.